The highest BCUT2D eigenvalue weighted by Gasteiger charge is 2.33. The Kier molecular flexibility index (Phi) is 16.5. The summed E-state index contributed by atoms with van der Waals surface area (Å²) in [6.07, 6.45) is 0. The average Bonchev–Trinajstić information content (AvgIpc) is 4.02. The van der Waals surface area contributed by atoms with Crippen LogP contribution in [0.3, 0.4) is 0 Å². The van der Waals surface area contributed by atoms with Gasteiger partial charge in [-0.05, 0) is 71.8 Å². The number of benzene rings is 6. The predicted molar refractivity (Wildman–Crippen MR) is 272 cm³/mol. The molecule has 0 saturated heterocycles. The first kappa shape index (κ1) is 50.1. The number of halogens is 4. The molecule has 0 aliphatic heterocycles. The van der Waals surface area contributed by atoms with E-state index in [0.29, 0.717) is 0 Å². The lowest BCUT2D eigenvalue weighted by Crippen LogP contribution is -2.21. The van der Waals surface area contributed by atoms with Crippen molar-refractivity contribution in [2.45, 2.75) is 23.7 Å². The van der Waals surface area contributed by atoms with Crippen molar-refractivity contribution >= 4 is 91.5 Å². The maximum atomic E-state index is 14.3. The Morgan fingerprint density at radius 2 is 0.857 bits per heavy atom. The van der Waals surface area contributed by atoms with Gasteiger partial charge in [-0.3, -0.25) is 18.7 Å². The molecule has 8 aromatic rings. The number of rotatable bonds is 19. The van der Waals surface area contributed by atoms with Gasteiger partial charge in [0, 0.05) is 45.4 Å². The molecule has 4 N–H and O–H groups in total. The van der Waals surface area contributed by atoms with Crippen LogP contribution in [-0.4, -0.2) is 66.1 Å². The normalized spacial score (nSPS) is 12.0. The Bertz CT molecular complexity index is 3000. The number of ketones is 2. The summed E-state index contributed by atoms with van der Waals surface area (Å²) in [6.45, 7) is -0.326. The van der Waals surface area contributed by atoms with Crippen LogP contribution in [0.2, 0.25) is 20.1 Å². The van der Waals surface area contributed by atoms with E-state index in [1.807, 2.05) is 36.4 Å². The summed E-state index contributed by atoms with van der Waals surface area (Å²) in [5.74, 6) is -2.85. The average molecular weight is 1050 g/mol. The third kappa shape index (κ3) is 11.1. The van der Waals surface area contributed by atoms with Crippen LogP contribution in [0.5, 0.6) is 0 Å². The molecule has 6 aromatic carbocycles. The minimum atomic E-state index is -0.841. The molecule has 0 radical (unpaired) electrons. The van der Waals surface area contributed by atoms with Gasteiger partial charge in [0.15, 0.2) is 23.2 Å². The number of esters is 2. The van der Waals surface area contributed by atoms with E-state index >= 15 is 0 Å². The SMILES string of the molecule is NCC(SSC(CN)c1nnc(C(=O)OCc2ccccc2)n1-c1ccc(Cl)cc1C(=O)c1ccccc1Cl)c1nnc(C(=O)OCc2ccccc2)n1-c1ccc(Cl)cc1C(=O)c1ccccc1Cl. The van der Waals surface area contributed by atoms with Crippen molar-refractivity contribution in [1.29, 1.82) is 0 Å². The van der Waals surface area contributed by atoms with Gasteiger partial charge in [0.25, 0.3) is 0 Å². The van der Waals surface area contributed by atoms with Crippen LogP contribution >= 0.6 is 68.0 Å². The molecule has 0 amide bonds. The minimum Gasteiger partial charge on any atom is -0.455 e. The lowest BCUT2D eigenvalue weighted by atomic mass is 10.0. The highest BCUT2D eigenvalue weighted by atomic mass is 35.5. The number of hydrogen-bond donors (Lipinski definition) is 2. The largest absolute Gasteiger partial charge is 0.455 e. The predicted octanol–water partition coefficient (Wildman–Crippen LogP) is 10.7. The Morgan fingerprint density at radius 1 is 0.486 bits per heavy atom. The van der Waals surface area contributed by atoms with Crippen molar-refractivity contribution in [3.05, 3.63) is 222 Å². The molecule has 2 heterocycles. The van der Waals surface area contributed by atoms with Crippen LogP contribution in [0.4, 0.5) is 0 Å². The molecule has 2 aromatic heterocycles. The van der Waals surface area contributed by atoms with Gasteiger partial charge in [-0.1, -0.05) is 153 Å². The van der Waals surface area contributed by atoms with Gasteiger partial charge in [0.2, 0.25) is 11.6 Å². The summed E-state index contributed by atoms with van der Waals surface area (Å²) in [4.78, 5) is 56.7. The number of carbonyl (C=O) groups excluding carboxylic acids is 4. The first-order chi connectivity index (χ1) is 34.0. The Labute approximate surface area is 429 Å². The molecule has 0 saturated carbocycles. The third-order valence-corrected chi connectivity index (χ3v) is 14.8. The smallest absolute Gasteiger partial charge is 0.377 e. The number of aromatic nitrogens is 6. The van der Waals surface area contributed by atoms with E-state index in [4.69, 9.17) is 67.3 Å². The molecular formula is C50H38Cl4N8O6S2. The number of carbonyl (C=O) groups is 4. The van der Waals surface area contributed by atoms with Gasteiger partial charge in [-0.2, -0.15) is 0 Å². The van der Waals surface area contributed by atoms with Crippen LogP contribution < -0.4 is 11.5 Å². The monoisotopic (exact) mass is 1050 g/mol. The molecule has 0 fully saturated rings. The zero-order chi connectivity index (χ0) is 49.3. The van der Waals surface area contributed by atoms with Crippen molar-refractivity contribution in [2.24, 2.45) is 11.5 Å². The first-order valence-corrected chi connectivity index (χ1v) is 25.0. The van der Waals surface area contributed by atoms with E-state index < -0.39 is 34.0 Å². The van der Waals surface area contributed by atoms with Crippen molar-refractivity contribution in [1.82, 2.24) is 29.5 Å². The summed E-state index contributed by atoms with van der Waals surface area (Å²) < 4.78 is 14.3. The van der Waals surface area contributed by atoms with Crippen molar-refractivity contribution in [3.63, 3.8) is 0 Å². The topological polar surface area (TPSA) is 200 Å². The molecule has 0 aliphatic rings. The molecule has 70 heavy (non-hydrogen) atoms. The molecule has 2 unspecified atom stereocenters. The van der Waals surface area contributed by atoms with Crippen LogP contribution in [0.15, 0.2) is 146 Å². The fourth-order valence-electron chi connectivity index (χ4n) is 7.19. The van der Waals surface area contributed by atoms with Crippen LogP contribution in [0.1, 0.15) is 86.4 Å². The molecule has 0 spiro atoms. The second-order valence-electron chi connectivity index (χ2n) is 15.1. The van der Waals surface area contributed by atoms with E-state index in [1.54, 1.807) is 97.1 Å². The van der Waals surface area contributed by atoms with Crippen LogP contribution in [-0.2, 0) is 22.7 Å². The third-order valence-electron chi connectivity index (χ3n) is 10.6. The standard InChI is InChI=1S/C50H38Cl4N8O6S2/c51-31-19-21-39(35(23-31)43(63)33-15-7-9-17-37(33)53)61-45(57-59-47(61)49(65)67-27-29-11-3-1-4-12-29)41(25-55)69-70-42(26-56)46-58-60-48(50(66)68-28-30-13-5-2-6-14-30)62(46)40-22-20-32(52)24-36(40)44(64)34-16-8-10-18-38(34)54/h1-24,41-42H,25-28,55-56H2. The van der Waals surface area contributed by atoms with Crippen LogP contribution in [0.25, 0.3) is 11.4 Å². The molecule has 8 rings (SSSR count). The van der Waals surface area contributed by atoms with E-state index in [2.05, 4.69) is 20.4 Å². The lowest BCUT2D eigenvalue weighted by Gasteiger charge is -2.21. The molecule has 0 bridgehead atoms. The number of nitrogens with zero attached hydrogens (tertiary/aromatic N) is 6. The second-order valence-corrected chi connectivity index (χ2v) is 19.5. The molecule has 20 heteroatoms. The molecule has 354 valence electrons. The fraction of sp³-hybridized carbons (Fsp3) is 0.120. The minimum absolute atomic E-state index is 0.0784. The lowest BCUT2D eigenvalue weighted by molar-refractivity contribution is 0.0446. The van der Waals surface area contributed by atoms with Gasteiger partial charge in [-0.25, -0.2) is 9.59 Å². The zero-order valence-electron chi connectivity index (χ0n) is 36.5. The molecule has 0 aliphatic carbocycles. The Hall–Kier alpha value is -6.34. The quantitative estimate of drug-likeness (QED) is 0.0440. The Morgan fingerprint density at radius 3 is 1.23 bits per heavy atom. The fourth-order valence-corrected chi connectivity index (χ4v) is 10.7. The van der Waals surface area contributed by atoms with E-state index in [-0.39, 0.29) is 103 Å². The Balaban J connectivity index is 1.19. The van der Waals surface area contributed by atoms with E-state index in [0.717, 1.165) is 11.1 Å². The number of ether oxygens (including phenoxy) is 2. The van der Waals surface area contributed by atoms with Crippen molar-refractivity contribution < 1.29 is 28.7 Å². The summed E-state index contributed by atoms with van der Waals surface area (Å²) in [5.41, 5.74) is 15.4. The van der Waals surface area contributed by atoms with Gasteiger partial charge >= 0.3 is 11.9 Å². The summed E-state index contributed by atoms with van der Waals surface area (Å²) in [5, 5.41) is 16.9. The summed E-state index contributed by atoms with van der Waals surface area (Å²) in [7, 11) is 2.41. The van der Waals surface area contributed by atoms with Gasteiger partial charge in [-0.15, -0.1) is 20.4 Å². The highest BCUT2D eigenvalue weighted by Crippen LogP contribution is 2.46. The summed E-state index contributed by atoms with van der Waals surface area (Å²) >= 11 is 26.1. The van der Waals surface area contributed by atoms with E-state index in [1.165, 1.54) is 42.9 Å². The van der Waals surface area contributed by atoms with Gasteiger partial charge in [0.1, 0.15) is 13.2 Å². The van der Waals surface area contributed by atoms with Gasteiger partial charge < -0.3 is 20.9 Å². The maximum Gasteiger partial charge on any atom is 0.377 e. The highest BCUT2D eigenvalue weighted by molar-refractivity contribution is 8.76. The maximum absolute atomic E-state index is 14.3. The second kappa shape index (κ2) is 23.1. The van der Waals surface area contributed by atoms with Crippen molar-refractivity contribution in [2.75, 3.05) is 13.1 Å². The number of hydrogen-bond acceptors (Lipinski definition) is 14. The van der Waals surface area contributed by atoms with E-state index in [9.17, 15) is 19.2 Å². The van der Waals surface area contributed by atoms with Crippen molar-refractivity contribution in [3.8, 4) is 11.4 Å². The molecular weight excluding hydrogens is 1010 g/mol. The summed E-state index contributed by atoms with van der Waals surface area (Å²) in [6, 6.07) is 40.4. The van der Waals surface area contributed by atoms with Gasteiger partial charge in [0.05, 0.1) is 31.9 Å². The van der Waals surface area contributed by atoms with Crippen LogP contribution in [0, 0.1) is 0 Å². The molecule has 2 atom stereocenters. The zero-order valence-corrected chi connectivity index (χ0v) is 41.1. The first-order valence-electron chi connectivity index (χ1n) is 21.2. The number of nitrogens with two attached hydrogens (primary N) is 2. The molecule has 14 nitrogen and oxygen atoms in total.